The van der Waals surface area contributed by atoms with Crippen LogP contribution in [0.2, 0.25) is 5.02 Å². The Balaban J connectivity index is 2.68. The Kier molecular flexibility index (Phi) is 4.78. The fourth-order valence-electron chi connectivity index (χ4n) is 2.56. The van der Waals surface area contributed by atoms with Crippen molar-refractivity contribution >= 4 is 17.4 Å². The average molecular weight is 308 g/mol. The number of hydrogen-bond acceptors (Lipinski definition) is 3. The standard InChI is InChI=1S/C16H22ClN3O/c1-5-7-13-19-15(16(18)20(13)10(2)3)14-11(17)8-6-9-12(14)21-4/h6,8-10H,5,7,18H2,1-4H3. The van der Waals surface area contributed by atoms with Crippen LogP contribution in [-0.2, 0) is 6.42 Å². The zero-order valence-electron chi connectivity index (χ0n) is 13.0. The van der Waals surface area contributed by atoms with E-state index in [1.807, 2.05) is 18.2 Å². The quantitative estimate of drug-likeness (QED) is 0.894. The van der Waals surface area contributed by atoms with E-state index >= 15 is 0 Å². The summed E-state index contributed by atoms with van der Waals surface area (Å²) in [7, 11) is 1.62. The lowest BCUT2D eigenvalue weighted by Crippen LogP contribution is -2.09. The van der Waals surface area contributed by atoms with Crippen molar-refractivity contribution < 1.29 is 4.74 Å². The highest BCUT2D eigenvalue weighted by Crippen LogP contribution is 2.39. The first-order chi connectivity index (χ1) is 10.0. The topological polar surface area (TPSA) is 53.1 Å². The lowest BCUT2D eigenvalue weighted by atomic mass is 10.1. The molecule has 0 saturated carbocycles. The minimum Gasteiger partial charge on any atom is -0.496 e. The Morgan fingerprint density at radius 2 is 2.10 bits per heavy atom. The summed E-state index contributed by atoms with van der Waals surface area (Å²) in [5.74, 6) is 2.31. The molecule has 0 spiro atoms. The Bertz CT molecular complexity index is 635. The summed E-state index contributed by atoms with van der Waals surface area (Å²) in [5.41, 5.74) is 7.81. The number of hydrogen-bond donors (Lipinski definition) is 1. The van der Waals surface area contributed by atoms with E-state index < -0.39 is 0 Å². The van der Waals surface area contributed by atoms with Crippen LogP contribution < -0.4 is 10.5 Å². The molecular weight excluding hydrogens is 286 g/mol. The molecule has 4 nitrogen and oxygen atoms in total. The summed E-state index contributed by atoms with van der Waals surface area (Å²) in [6.07, 6.45) is 1.90. The van der Waals surface area contributed by atoms with E-state index in [-0.39, 0.29) is 6.04 Å². The molecule has 0 bridgehead atoms. The van der Waals surface area contributed by atoms with Crippen molar-refractivity contribution in [3.05, 3.63) is 29.0 Å². The smallest absolute Gasteiger partial charge is 0.132 e. The summed E-state index contributed by atoms with van der Waals surface area (Å²) < 4.78 is 7.49. The van der Waals surface area contributed by atoms with Gasteiger partial charge in [-0.2, -0.15) is 0 Å². The van der Waals surface area contributed by atoms with Gasteiger partial charge in [-0.1, -0.05) is 24.6 Å². The van der Waals surface area contributed by atoms with E-state index in [1.165, 1.54) is 0 Å². The van der Waals surface area contributed by atoms with E-state index in [9.17, 15) is 0 Å². The molecular formula is C16H22ClN3O. The normalized spacial score (nSPS) is 11.1. The van der Waals surface area contributed by atoms with Gasteiger partial charge in [0.05, 0.1) is 17.7 Å². The molecule has 2 aromatic rings. The monoisotopic (exact) mass is 307 g/mol. The summed E-state index contributed by atoms with van der Waals surface area (Å²) in [6.45, 7) is 6.33. The molecule has 114 valence electrons. The molecule has 0 aliphatic rings. The van der Waals surface area contributed by atoms with Gasteiger partial charge in [0.2, 0.25) is 0 Å². The molecule has 21 heavy (non-hydrogen) atoms. The van der Waals surface area contributed by atoms with Gasteiger partial charge in [-0.3, -0.25) is 0 Å². The molecule has 1 aromatic heterocycles. The Morgan fingerprint density at radius 1 is 1.38 bits per heavy atom. The third-order valence-corrected chi connectivity index (χ3v) is 3.76. The van der Waals surface area contributed by atoms with Gasteiger partial charge in [0.15, 0.2) is 0 Å². The summed E-state index contributed by atoms with van der Waals surface area (Å²) >= 11 is 6.35. The van der Waals surface area contributed by atoms with Crippen LogP contribution in [0.25, 0.3) is 11.3 Å². The minimum absolute atomic E-state index is 0.251. The maximum absolute atomic E-state index is 6.35. The number of aromatic nitrogens is 2. The van der Waals surface area contributed by atoms with Crippen molar-refractivity contribution in [2.45, 2.75) is 39.7 Å². The Morgan fingerprint density at radius 3 is 2.67 bits per heavy atom. The Labute approximate surface area is 130 Å². The zero-order chi connectivity index (χ0) is 15.6. The second-order valence-electron chi connectivity index (χ2n) is 5.29. The molecule has 2 rings (SSSR count). The lowest BCUT2D eigenvalue weighted by Gasteiger charge is -2.13. The van der Waals surface area contributed by atoms with Gasteiger partial charge < -0.3 is 15.0 Å². The third kappa shape index (κ3) is 2.86. The van der Waals surface area contributed by atoms with Crippen molar-refractivity contribution in [1.29, 1.82) is 0 Å². The van der Waals surface area contributed by atoms with Crippen LogP contribution >= 0.6 is 11.6 Å². The highest BCUT2D eigenvalue weighted by Gasteiger charge is 2.22. The number of benzene rings is 1. The molecule has 0 atom stereocenters. The van der Waals surface area contributed by atoms with Gasteiger partial charge in [-0.05, 0) is 32.4 Å². The minimum atomic E-state index is 0.251. The van der Waals surface area contributed by atoms with E-state index in [4.69, 9.17) is 27.1 Å². The second kappa shape index (κ2) is 6.39. The fourth-order valence-corrected chi connectivity index (χ4v) is 2.81. The van der Waals surface area contributed by atoms with E-state index in [1.54, 1.807) is 7.11 Å². The fraction of sp³-hybridized carbons (Fsp3) is 0.438. The van der Waals surface area contributed by atoms with Gasteiger partial charge >= 0.3 is 0 Å². The number of nitrogens with two attached hydrogens (primary N) is 1. The number of halogens is 1. The van der Waals surface area contributed by atoms with Gasteiger partial charge in [-0.15, -0.1) is 0 Å². The molecule has 1 aromatic carbocycles. The molecule has 1 heterocycles. The molecule has 0 fully saturated rings. The summed E-state index contributed by atoms with van der Waals surface area (Å²) in [4.78, 5) is 4.73. The number of rotatable bonds is 5. The second-order valence-corrected chi connectivity index (χ2v) is 5.70. The van der Waals surface area contributed by atoms with Gasteiger partial charge in [0.1, 0.15) is 23.1 Å². The van der Waals surface area contributed by atoms with E-state index in [0.29, 0.717) is 22.3 Å². The van der Waals surface area contributed by atoms with Crippen LogP contribution in [-0.4, -0.2) is 16.7 Å². The van der Waals surface area contributed by atoms with Crippen LogP contribution in [0, 0.1) is 0 Å². The summed E-state index contributed by atoms with van der Waals surface area (Å²) in [5, 5.41) is 0.595. The SMILES string of the molecule is CCCc1nc(-c2c(Cl)cccc2OC)c(N)n1C(C)C. The molecule has 0 aliphatic carbocycles. The molecule has 0 radical (unpaired) electrons. The summed E-state index contributed by atoms with van der Waals surface area (Å²) in [6, 6.07) is 5.80. The van der Waals surface area contributed by atoms with E-state index in [0.717, 1.165) is 24.2 Å². The van der Waals surface area contributed by atoms with E-state index in [2.05, 4.69) is 25.3 Å². The number of ether oxygens (including phenoxy) is 1. The maximum atomic E-state index is 6.35. The first kappa shape index (κ1) is 15.7. The van der Waals surface area contributed by atoms with Crippen molar-refractivity contribution in [3.63, 3.8) is 0 Å². The molecule has 0 unspecified atom stereocenters. The Hall–Kier alpha value is -1.68. The first-order valence-corrected chi connectivity index (χ1v) is 7.58. The van der Waals surface area contributed by atoms with Crippen molar-refractivity contribution in [3.8, 4) is 17.0 Å². The number of methoxy groups -OCH3 is 1. The number of anilines is 1. The largest absolute Gasteiger partial charge is 0.496 e. The molecule has 0 amide bonds. The number of nitrogens with zero attached hydrogens (tertiary/aromatic N) is 2. The van der Waals surface area contributed by atoms with Crippen molar-refractivity contribution in [2.24, 2.45) is 0 Å². The zero-order valence-corrected chi connectivity index (χ0v) is 13.7. The van der Waals surface area contributed by atoms with Crippen LogP contribution in [0.1, 0.15) is 39.1 Å². The lowest BCUT2D eigenvalue weighted by molar-refractivity contribution is 0.416. The number of nitrogen functional groups attached to an aromatic ring is 1. The number of aryl methyl sites for hydroxylation is 1. The van der Waals surface area contributed by atoms with Gasteiger partial charge in [0, 0.05) is 12.5 Å². The van der Waals surface area contributed by atoms with Crippen molar-refractivity contribution in [2.75, 3.05) is 12.8 Å². The molecule has 0 aliphatic heterocycles. The molecule has 0 saturated heterocycles. The predicted molar refractivity (Wildman–Crippen MR) is 88.0 cm³/mol. The number of imidazole rings is 1. The molecule has 5 heteroatoms. The van der Waals surface area contributed by atoms with Gasteiger partial charge in [-0.25, -0.2) is 4.98 Å². The average Bonchev–Trinajstić information content (AvgIpc) is 2.75. The first-order valence-electron chi connectivity index (χ1n) is 7.20. The highest BCUT2D eigenvalue weighted by atomic mass is 35.5. The van der Waals surface area contributed by atoms with Crippen LogP contribution in [0.5, 0.6) is 5.75 Å². The predicted octanol–water partition coefficient (Wildman–Crippen LogP) is 4.33. The third-order valence-electron chi connectivity index (χ3n) is 3.44. The maximum Gasteiger partial charge on any atom is 0.132 e. The highest BCUT2D eigenvalue weighted by molar-refractivity contribution is 6.33. The molecule has 2 N–H and O–H groups in total. The van der Waals surface area contributed by atoms with Gasteiger partial charge in [0.25, 0.3) is 0 Å². The van der Waals surface area contributed by atoms with Crippen LogP contribution in [0.4, 0.5) is 5.82 Å². The van der Waals surface area contributed by atoms with Crippen LogP contribution in [0.15, 0.2) is 18.2 Å². The van der Waals surface area contributed by atoms with Crippen molar-refractivity contribution in [1.82, 2.24) is 9.55 Å². The van der Waals surface area contributed by atoms with Crippen LogP contribution in [0.3, 0.4) is 0 Å².